The van der Waals surface area contributed by atoms with Crippen LogP contribution >= 0.6 is 11.3 Å². The normalized spacial score (nSPS) is 16.0. The molecule has 120 valence electrons. The maximum atomic E-state index is 11.9. The molecule has 3 amide bonds. The van der Waals surface area contributed by atoms with Crippen molar-refractivity contribution in [3.63, 3.8) is 0 Å². The first-order valence-electron chi connectivity index (χ1n) is 7.38. The highest BCUT2D eigenvalue weighted by Crippen LogP contribution is 2.42. The molecular weight excluding hydrogens is 302 g/mol. The highest BCUT2D eigenvalue weighted by molar-refractivity contribution is 7.10. The Morgan fingerprint density at radius 2 is 1.91 bits per heavy atom. The first-order chi connectivity index (χ1) is 10.6. The van der Waals surface area contributed by atoms with E-state index in [0.29, 0.717) is 6.54 Å². The fraction of sp³-hybridized carbons (Fsp3) is 0.533. The molecule has 0 spiro atoms. The first-order valence-corrected chi connectivity index (χ1v) is 8.26. The van der Waals surface area contributed by atoms with Crippen LogP contribution in [0.5, 0.6) is 0 Å². The van der Waals surface area contributed by atoms with Crippen molar-refractivity contribution in [2.75, 3.05) is 20.1 Å². The summed E-state index contributed by atoms with van der Waals surface area (Å²) in [6.45, 7) is 0.384. The molecule has 1 saturated carbocycles. The van der Waals surface area contributed by atoms with Gasteiger partial charge in [0.2, 0.25) is 5.91 Å². The molecule has 1 aromatic heterocycles. The van der Waals surface area contributed by atoms with Gasteiger partial charge < -0.3 is 16.0 Å². The highest BCUT2D eigenvalue weighted by atomic mass is 32.1. The van der Waals surface area contributed by atoms with Crippen LogP contribution in [-0.2, 0) is 19.8 Å². The molecule has 7 heteroatoms. The van der Waals surface area contributed by atoms with Crippen molar-refractivity contribution in [2.24, 2.45) is 0 Å². The molecule has 1 fully saturated rings. The van der Waals surface area contributed by atoms with Crippen molar-refractivity contribution in [3.8, 4) is 0 Å². The zero-order valence-corrected chi connectivity index (χ0v) is 13.4. The Bertz CT molecular complexity index is 536. The smallest absolute Gasteiger partial charge is 0.309 e. The molecule has 0 saturated heterocycles. The summed E-state index contributed by atoms with van der Waals surface area (Å²) in [6, 6.07) is 4.15. The predicted molar refractivity (Wildman–Crippen MR) is 84.6 cm³/mol. The number of amides is 3. The van der Waals surface area contributed by atoms with Crippen molar-refractivity contribution in [1.82, 2.24) is 16.0 Å². The summed E-state index contributed by atoms with van der Waals surface area (Å²) in [5.74, 6) is -1.83. The Morgan fingerprint density at radius 1 is 1.18 bits per heavy atom. The summed E-state index contributed by atoms with van der Waals surface area (Å²) < 4.78 is 0. The molecule has 0 bridgehead atoms. The molecule has 0 radical (unpaired) electrons. The molecule has 6 nitrogen and oxygen atoms in total. The molecule has 22 heavy (non-hydrogen) atoms. The van der Waals surface area contributed by atoms with Gasteiger partial charge in [-0.1, -0.05) is 18.9 Å². The molecular formula is C15H21N3O3S. The predicted octanol–water partition coefficient (Wildman–Crippen LogP) is 0.538. The van der Waals surface area contributed by atoms with Crippen LogP contribution in [0.2, 0.25) is 0 Å². The Morgan fingerprint density at radius 3 is 2.50 bits per heavy atom. The van der Waals surface area contributed by atoms with Crippen LogP contribution in [0.1, 0.15) is 30.6 Å². The zero-order valence-electron chi connectivity index (χ0n) is 12.6. The van der Waals surface area contributed by atoms with Crippen molar-refractivity contribution < 1.29 is 14.4 Å². The lowest BCUT2D eigenvalue weighted by Crippen LogP contribution is -2.46. The second-order valence-corrected chi connectivity index (χ2v) is 6.45. The van der Waals surface area contributed by atoms with E-state index in [-0.39, 0.29) is 17.9 Å². The van der Waals surface area contributed by atoms with Crippen molar-refractivity contribution in [2.45, 2.75) is 31.1 Å². The molecule has 1 aliphatic carbocycles. The van der Waals surface area contributed by atoms with Crippen molar-refractivity contribution in [1.29, 1.82) is 0 Å². The average Bonchev–Trinajstić information content (AvgIpc) is 3.21. The largest absolute Gasteiger partial charge is 0.354 e. The molecule has 1 heterocycles. The standard InChI is InChI=1S/C15H21N3O3S/c1-16-13(20)14(21)17-9-12(19)18-10-15(6-2-3-7-15)11-5-4-8-22-11/h4-5,8H,2-3,6-7,9-10H2,1H3,(H,16,20)(H,17,21)(H,18,19). The summed E-state index contributed by atoms with van der Waals surface area (Å²) in [5.41, 5.74) is 0.0224. The fourth-order valence-electron chi connectivity index (χ4n) is 2.83. The van der Waals surface area contributed by atoms with E-state index in [1.165, 1.54) is 24.8 Å². The number of likely N-dealkylation sites (N-methyl/N-ethyl adjacent to an activating group) is 1. The second-order valence-electron chi connectivity index (χ2n) is 5.50. The van der Waals surface area contributed by atoms with Crippen LogP contribution < -0.4 is 16.0 Å². The summed E-state index contributed by atoms with van der Waals surface area (Å²) in [6.07, 6.45) is 4.47. The summed E-state index contributed by atoms with van der Waals surface area (Å²) in [5, 5.41) is 9.45. The number of hydrogen-bond acceptors (Lipinski definition) is 4. The van der Waals surface area contributed by atoms with Crippen LogP contribution in [-0.4, -0.2) is 37.9 Å². The molecule has 0 atom stereocenters. The minimum atomic E-state index is -0.800. The van der Waals surface area contributed by atoms with E-state index >= 15 is 0 Å². The van der Waals surface area contributed by atoms with Gasteiger partial charge in [0.25, 0.3) is 0 Å². The van der Waals surface area contributed by atoms with Crippen LogP contribution in [0, 0.1) is 0 Å². The van der Waals surface area contributed by atoms with E-state index in [1.807, 2.05) is 6.07 Å². The Hall–Kier alpha value is -1.89. The van der Waals surface area contributed by atoms with Crippen LogP contribution in [0.3, 0.4) is 0 Å². The van der Waals surface area contributed by atoms with E-state index in [1.54, 1.807) is 11.3 Å². The Labute approximate surface area is 133 Å². The van der Waals surface area contributed by atoms with E-state index in [0.717, 1.165) is 12.8 Å². The summed E-state index contributed by atoms with van der Waals surface area (Å²) in [7, 11) is 1.37. The van der Waals surface area contributed by atoms with Gasteiger partial charge >= 0.3 is 11.8 Å². The van der Waals surface area contributed by atoms with Crippen LogP contribution in [0.4, 0.5) is 0 Å². The van der Waals surface area contributed by atoms with E-state index in [2.05, 4.69) is 27.4 Å². The van der Waals surface area contributed by atoms with Gasteiger partial charge in [0.05, 0.1) is 6.54 Å². The summed E-state index contributed by atoms with van der Waals surface area (Å²) in [4.78, 5) is 35.5. The number of thiophene rings is 1. The van der Waals surface area contributed by atoms with Crippen molar-refractivity contribution in [3.05, 3.63) is 22.4 Å². The lowest BCUT2D eigenvalue weighted by molar-refractivity contribution is -0.139. The van der Waals surface area contributed by atoms with E-state index in [9.17, 15) is 14.4 Å². The minimum absolute atomic E-state index is 0.0224. The highest BCUT2D eigenvalue weighted by Gasteiger charge is 2.36. The minimum Gasteiger partial charge on any atom is -0.354 e. The molecule has 3 N–H and O–H groups in total. The number of carbonyl (C=O) groups excluding carboxylic acids is 3. The number of nitrogens with one attached hydrogen (secondary N) is 3. The van der Waals surface area contributed by atoms with E-state index in [4.69, 9.17) is 0 Å². The SMILES string of the molecule is CNC(=O)C(=O)NCC(=O)NCC1(c2cccs2)CCCC1. The Balaban J connectivity index is 1.84. The topological polar surface area (TPSA) is 87.3 Å². The average molecular weight is 323 g/mol. The van der Waals surface area contributed by atoms with Gasteiger partial charge in [0, 0.05) is 23.9 Å². The van der Waals surface area contributed by atoms with Gasteiger partial charge in [-0.15, -0.1) is 11.3 Å². The molecule has 1 aliphatic rings. The second kappa shape index (κ2) is 7.40. The van der Waals surface area contributed by atoms with Gasteiger partial charge in [-0.05, 0) is 24.3 Å². The maximum absolute atomic E-state index is 11.9. The quantitative estimate of drug-likeness (QED) is 0.691. The Kier molecular flexibility index (Phi) is 5.54. The maximum Gasteiger partial charge on any atom is 0.309 e. The van der Waals surface area contributed by atoms with Gasteiger partial charge in [-0.25, -0.2) is 0 Å². The summed E-state index contributed by atoms with van der Waals surface area (Å²) >= 11 is 1.72. The molecule has 2 rings (SSSR count). The molecule has 0 aliphatic heterocycles. The fourth-order valence-corrected chi connectivity index (χ4v) is 3.81. The first kappa shape index (κ1) is 16.5. The lowest BCUT2D eigenvalue weighted by Gasteiger charge is -2.28. The van der Waals surface area contributed by atoms with Gasteiger partial charge in [-0.2, -0.15) is 0 Å². The van der Waals surface area contributed by atoms with Gasteiger partial charge in [-0.3, -0.25) is 14.4 Å². The number of rotatable bonds is 5. The molecule has 1 aromatic rings. The van der Waals surface area contributed by atoms with Gasteiger partial charge in [0.15, 0.2) is 0 Å². The molecule has 0 unspecified atom stereocenters. The van der Waals surface area contributed by atoms with Crippen LogP contribution in [0.25, 0.3) is 0 Å². The van der Waals surface area contributed by atoms with Crippen molar-refractivity contribution >= 4 is 29.1 Å². The third kappa shape index (κ3) is 3.85. The number of carbonyl (C=O) groups is 3. The zero-order chi connectivity index (χ0) is 16.0. The number of hydrogen-bond donors (Lipinski definition) is 3. The monoisotopic (exact) mass is 323 g/mol. The van der Waals surface area contributed by atoms with E-state index < -0.39 is 11.8 Å². The van der Waals surface area contributed by atoms with Gasteiger partial charge in [0.1, 0.15) is 0 Å². The third-order valence-corrected chi connectivity index (χ3v) is 5.19. The van der Waals surface area contributed by atoms with Crippen LogP contribution in [0.15, 0.2) is 17.5 Å². The molecule has 0 aromatic carbocycles. The third-order valence-electron chi connectivity index (χ3n) is 4.07. The lowest BCUT2D eigenvalue weighted by atomic mass is 9.84.